The first-order chi connectivity index (χ1) is 40.2. The normalized spacial score (nSPS) is 11.0. The van der Waals surface area contributed by atoms with E-state index in [1.54, 1.807) is 87.7 Å². The van der Waals surface area contributed by atoms with E-state index in [1.165, 1.54) is 17.0 Å². The van der Waals surface area contributed by atoms with Crippen LogP contribution in [0.4, 0.5) is 93.0 Å². The second kappa shape index (κ2) is 31.8. The summed E-state index contributed by atoms with van der Waals surface area (Å²) in [5, 5.41) is 46.1. The zero-order valence-electron chi connectivity index (χ0n) is 45.4. The van der Waals surface area contributed by atoms with Crippen LogP contribution in [0, 0.1) is 0 Å². The number of nitrogens with zero attached hydrogens (tertiary/aromatic N) is 10. The number of methoxy groups -OCH3 is 3. The average molecular weight is 1150 g/mol. The summed E-state index contributed by atoms with van der Waals surface area (Å²) in [6.45, 7) is 4.84. The third-order valence-corrected chi connectivity index (χ3v) is 10.7. The first-order valence-electron chi connectivity index (χ1n) is 24.9. The number of hydrogen-bond donors (Lipinski definition) is 7. The fraction of sp³-hybridized carbons (Fsp3) is 0.269. The molecule has 4 amide bonds. The summed E-state index contributed by atoms with van der Waals surface area (Å²) in [7, 11) is 3.79. The highest BCUT2D eigenvalue weighted by Crippen LogP contribution is 2.38. The minimum absolute atomic E-state index is 0.00617. The van der Waals surface area contributed by atoms with Crippen molar-refractivity contribution in [2.45, 2.75) is 13.8 Å². The molecule has 3 aromatic carbocycles. The molecule has 0 aliphatic heterocycles. The van der Waals surface area contributed by atoms with Crippen molar-refractivity contribution in [1.82, 2.24) is 19.9 Å². The number of hydrogen-bond acceptors (Lipinski definition) is 27. The summed E-state index contributed by atoms with van der Waals surface area (Å²) in [6, 6.07) is 26.1. The van der Waals surface area contributed by atoms with Crippen LogP contribution >= 0.6 is 0 Å². The van der Waals surface area contributed by atoms with Crippen LogP contribution in [-0.2, 0) is 33.2 Å². The van der Waals surface area contributed by atoms with Gasteiger partial charge in [0.25, 0.3) is 0 Å². The topological polar surface area (TPSA) is 405 Å². The van der Waals surface area contributed by atoms with Gasteiger partial charge in [0.05, 0.1) is 64.3 Å². The number of carbonyl (C=O) groups is 5. The fourth-order valence-electron chi connectivity index (χ4n) is 6.62. The van der Waals surface area contributed by atoms with Crippen LogP contribution < -0.4 is 42.2 Å². The molecule has 31 nitrogen and oxygen atoms in total. The molecule has 6 rings (SSSR count). The lowest BCUT2D eigenvalue weighted by Gasteiger charge is -2.19. The Morgan fingerprint density at radius 3 is 1.63 bits per heavy atom. The lowest BCUT2D eigenvalue weighted by atomic mass is 10.0. The average Bonchev–Trinajstić information content (AvgIpc) is 3.58. The van der Waals surface area contributed by atoms with Gasteiger partial charge in [0.15, 0.2) is 58.9 Å². The van der Waals surface area contributed by atoms with Crippen molar-refractivity contribution in [3.63, 3.8) is 0 Å². The van der Waals surface area contributed by atoms with Crippen molar-refractivity contribution >= 4 is 99.6 Å². The molecule has 9 N–H and O–H groups in total. The molecule has 0 saturated carbocycles. The molecule has 0 aliphatic carbocycles. The number of benzene rings is 3. The van der Waals surface area contributed by atoms with E-state index in [-0.39, 0.29) is 96.4 Å². The molecule has 3 heterocycles. The van der Waals surface area contributed by atoms with E-state index >= 15 is 0 Å². The second-order valence-electron chi connectivity index (χ2n) is 16.3. The Bertz CT molecular complexity index is 3300. The fourth-order valence-corrected chi connectivity index (χ4v) is 6.62. The van der Waals surface area contributed by atoms with Gasteiger partial charge in [-0.15, -0.1) is 15.3 Å². The molecule has 31 heteroatoms. The van der Waals surface area contributed by atoms with Crippen molar-refractivity contribution in [3.05, 3.63) is 97.1 Å². The maximum atomic E-state index is 13.4. The van der Waals surface area contributed by atoms with Gasteiger partial charge in [-0.1, -0.05) is 42.5 Å². The van der Waals surface area contributed by atoms with Gasteiger partial charge >= 0.3 is 30.5 Å². The van der Waals surface area contributed by atoms with Crippen LogP contribution in [0.25, 0.3) is 11.1 Å². The third-order valence-electron chi connectivity index (χ3n) is 10.7. The Labute approximate surface area is 473 Å². The van der Waals surface area contributed by atoms with Crippen LogP contribution in [0.5, 0.6) is 17.2 Å². The molecule has 0 unspecified atom stereocenters. The predicted molar refractivity (Wildman–Crippen MR) is 299 cm³/mol. The number of rotatable bonds is 26. The molecule has 0 saturated heterocycles. The van der Waals surface area contributed by atoms with Gasteiger partial charge in [0, 0.05) is 38.4 Å². The quantitative estimate of drug-likeness (QED) is 0.00872. The van der Waals surface area contributed by atoms with E-state index in [9.17, 15) is 29.1 Å². The molecule has 0 bridgehead atoms. The predicted octanol–water partition coefficient (Wildman–Crippen LogP) is 10.7. The third kappa shape index (κ3) is 19.3. The van der Waals surface area contributed by atoms with E-state index in [4.69, 9.17) is 44.6 Å². The molecule has 6 aromatic rings. The van der Waals surface area contributed by atoms with Crippen LogP contribution in [0.2, 0.25) is 0 Å². The van der Waals surface area contributed by atoms with Gasteiger partial charge in [-0.05, 0) is 61.4 Å². The maximum absolute atomic E-state index is 13.4. The number of aromatic hydroxyl groups is 1. The number of aromatic nitrogens is 3. The summed E-state index contributed by atoms with van der Waals surface area (Å²) in [5.74, 6) is -2.39. The summed E-state index contributed by atoms with van der Waals surface area (Å²) in [5.41, 5.74) is 14.9. The number of pyridine rings is 3. The minimum atomic E-state index is -1.11. The van der Waals surface area contributed by atoms with Crippen molar-refractivity contribution < 1.29 is 71.7 Å². The molecular weight excluding hydrogens is 1090 g/mol. The first-order valence-corrected chi connectivity index (χ1v) is 24.9. The highest BCUT2D eigenvalue weighted by Gasteiger charge is 2.22. The van der Waals surface area contributed by atoms with E-state index in [1.807, 2.05) is 12.1 Å². The van der Waals surface area contributed by atoms with Gasteiger partial charge < -0.3 is 69.4 Å². The van der Waals surface area contributed by atoms with Gasteiger partial charge in [-0.3, -0.25) is 16.0 Å². The molecule has 0 fully saturated rings. The zero-order valence-corrected chi connectivity index (χ0v) is 45.4. The van der Waals surface area contributed by atoms with E-state index in [2.05, 4.69) is 76.4 Å². The molecular formula is C52H58N16O15. The number of ether oxygens (including phenoxy) is 9. The Kier molecular flexibility index (Phi) is 23.6. The first kappa shape index (κ1) is 61.6. The maximum Gasteiger partial charge on any atom is 0.513 e. The highest BCUT2D eigenvalue weighted by molar-refractivity contribution is 5.89. The summed E-state index contributed by atoms with van der Waals surface area (Å²) in [6.07, 6.45) is -4.86. The monoisotopic (exact) mass is 1150 g/mol. The number of nitrogens with two attached hydrogens (primary N) is 2. The van der Waals surface area contributed by atoms with Gasteiger partial charge in [-0.2, -0.15) is 15.3 Å². The summed E-state index contributed by atoms with van der Waals surface area (Å²) < 4.78 is 46.1. The van der Waals surface area contributed by atoms with Gasteiger partial charge in [0.2, 0.25) is 0 Å². The van der Waals surface area contributed by atoms with Crippen LogP contribution in [-0.4, -0.2) is 136 Å². The highest BCUT2D eigenvalue weighted by atomic mass is 16.7. The van der Waals surface area contributed by atoms with Gasteiger partial charge in [-0.25, -0.2) is 38.9 Å². The molecule has 436 valence electrons. The Balaban J connectivity index is 1.16. The van der Waals surface area contributed by atoms with E-state index in [0.29, 0.717) is 48.0 Å². The smallest absolute Gasteiger partial charge is 0.504 e. The number of nitrogen functional groups attached to an aromatic ring is 2. The largest absolute Gasteiger partial charge is 0.513 e. The number of carbonyl (C=O) groups excluding carboxylic acids is 5. The molecule has 0 spiro atoms. The standard InChI is InChI=1S/C52H58N16O15/c1-6-68(7-2)51(73)82-40-28-36(65-63-34-17-11-13-31(25-34)32-14-12-18-35(26-32)64-66-37-29-41(83-52(74)77-5)47(57-43(37)54)60-48(70)76-4)42(53)56-46(40)61-50(72)81-30-55-44-38(67-62-33-15-9-8-10-16-33)27-39(69)45(58-44)59-49(71)80-24-23-79-22-21-78-20-19-75-3/h8-18,25-29,69H,6-7,19-24,30H2,1-5H3,(H3,53,56,61,72)(H3,54,57,60,70)(H2,55,58,59,71)/b65-63+,66-64+,67-62+. The van der Waals surface area contributed by atoms with Crippen molar-refractivity contribution in [1.29, 1.82) is 0 Å². The molecule has 0 atom stereocenters. The molecule has 0 radical (unpaired) electrons. The SMILES string of the molecule is CCN(CC)C(=O)Oc1cc(/N=N/c2cccc(-c3cccc(/N=N/c4cc(OC(=O)OC)c(NC(=O)OC)nc4N)c3)c2)c(N)nc1NC(=O)OCNc1nc(NC(=O)OCCOCCOCCOC)c(O)cc1/N=N/c1ccccc1. The molecule has 83 heavy (non-hydrogen) atoms. The molecule has 3 aromatic heterocycles. The zero-order chi connectivity index (χ0) is 59.5. The lowest BCUT2D eigenvalue weighted by molar-refractivity contribution is 0.0141. The van der Waals surface area contributed by atoms with Crippen LogP contribution in [0.1, 0.15) is 13.8 Å². The minimum Gasteiger partial charge on any atom is -0.504 e. The van der Waals surface area contributed by atoms with Crippen LogP contribution in [0.15, 0.2) is 128 Å². The number of azo groups is 3. The lowest BCUT2D eigenvalue weighted by Crippen LogP contribution is -2.33. The summed E-state index contributed by atoms with van der Waals surface area (Å²) in [4.78, 5) is 77.0. The second-order valence-corrected chi connectivity index (χ2v) is 16.3. The van der Waals surface area contributed by atoms with Crippen molar-refractivity contribution in [3.8, 4) is 28.4 Å². The number of anilines is 6. The summed E-state index contributed by atoms with van der Waals surface area (Å²) >= 11 is 0. The van der Waals surface area contributed by atoms with Crippen LogP contribution in [0.3, 0.4) is 0 Å². The Morgan fingerprint density at radius 1 is 0.530 bits per heavy atom. The van der Waals surface area contributed by atoms with Crippen molar-refractivity contribution in [2.75, 3.05) is 114 Å². The Morgan fingerprint density at radius 2 is 1.05 bits per heavy atom. The molecule has 0 aliphatic rings. The Hall–Kier alpha value is -10.7. The van der Waals surface area contributed by atoms with Gasteiger partial charge in [0.1, 0.15) is 23.7 Å². The number of nitrogens with one attached hydrogen (secondary N) is 4. The van der Waals surface area contributed by atoms with E-state index < -0.39 is 43.0 Å². The van der Waals surface area contributed by atoms with Crippen molar-refractivity contribution in [2.24, 2.45) is 30.7 Å². The number of amides is 4. The van der Waals surface area contributed by atoms with E-state index in [0.717, 1.165) is 20.3 Å².